The number of aryl methyl sites for hydroxylation is 1. The fourth-order valence-corrected chi connectivity index (χ4v) is 2.45. The second kappa shape index (κ2) is 6.24. The Morgan fingerprint density at radius 2 is 1.83 bits per heavy atom. The van der Waals surface area contributed by atoms with Gasteiger partial charge in [0.2, 0.25) is 5.72 Å². The Balaban J connectivity index is 1.67. The minimum atomic E-state index is -0.615. The molecule has 4 nitrogen and oxygen atoms in total. The third kappa shape index (κ3) is 3.59. The summed E-state index contributed by atoms with van der Waals surface area (Å²) < 4.78 is 0. The van der Waals surface area contributed by atoms with Crippen molar-refractivity contribution >= 4 is 11.4 Å². The van der Waals surface area contributed by atoms with Crippen LogP contribution in [0.25, 0.3) is 0 Å². The van der Waals surface area contributed by atoms with Crippen molar-refractivity contribution in [2.75, 3.05) is 0 Å². The Labute approximate surface area is 136 Å². The molecule has 1 heterocycles. The van der Waals surface area contributed by atoms with Gasteiger partial charge in [0, 0.05) is 0 Å². The fourth-order valence-electron chi connectivity index (χ4n) is 2.45. The van der Waals surface area contributed by atoms with Gasteiger partial charge in [0.05, 0.1) is 17.8 Å². The van der Waals surface area contributed by atoms with Crippen LogP contribution in [0.3, 0.4) is 0 Å². The first-order valence-corrected chi connectivity index (χ1v) is 7.75. The van der Waals surface area contributed by atoms with E-state index in [1.54, 1.807) is 0 Å². The number of benzene rings is 2. The number of hydrogen-bond acceptors (Lipinski definition) is 4. The van der Waals surface area contributed by atoms with E-state index in [-0.39, 0.29) is 0 Å². The highest BCUT2D eigenvalue weighted by Gasteiger charge is 2.34. The summed E-state index contributed by atoms with van der Waals surface area (Å²) in [6.45, 7) is 6.01. The predicted octanol–water partition coefficient (Wildman–Crippen LogP) is 3.85. The van der Waals surface area contributed by atoms with Crippen LogP contribution in [0.15, 0.2) is 64.9 Å². The van der Waals surface area contributed by atoms with Crippen LogP contribution in [-0.2, 0) is 4.84 Å². The van der Waals surface area contributed by atoms with Gasteiger partial charge in [0.25, 0.3) is 0 Å². The first-order chi connectivity index (χ1) is 11.1. The summed E-state index contributed by atoms with van der Waals surface area (Å²) in [6.07, 6.45) is 0.668. The van der Waals surface area contributed by atoms with Crippen molar-refractivity contribution in [1.82, 2.24) is 5.43 Å². The fraction of sp³-hybridized carbons (Fsp3) is 0.263. The summed E-state index contributed by atoms with van der Waals surface area (Å²) in [7, 11) is 0. The average molecular weight is 307 g/mol. The van der Waals surface area contributed by atoms with E-state index >= 15 is 0 Å². The highest BCUT2D eigenvalue weighted by molar-refractivity contribution is 6.01. The topological polar surface area (TPSA) is 46.0 Å². The second-order valence-electron chi connectivity index (χ2n) is 6.08. The molecule has 118 valence electrons. The van der Waals surface area contributed by atoms with E-state index in [9.17, 15) is 0 Å². The molecule has 0 spiro atoms. The van der Waals surface area contributed by atoms with Gasteiger partial charge in [-0.25, -0.2) is 0 Å². The van der Waals surface area contributed by atoms with Crippen LogP contribution in [0.4, 0.5) is 0 Å². The van der Waals surface area contributed by atoms with E-state index < -0.39 is 5.72 Å². The van der Waals surface area contributed by atoms with E-state index in [0.29, 0.717) is 6.42 Å². The summed E-state index contributed by atoms with van der Waals surface area (Å²) in [5, 5.41) is 8.68. The summed E-state index contributed by atoms with van der Waals surface area (Å²) in [5.74, 6) is 0. The van der Waals surface area contributed by atoms with E-state index in [4.69, 9.17) is 4.84 Å². The normalized spacial score (nSPS) is 20.8. The van der Waals surface area contributed by atoms with Crippen molar-refractivity contribution in [2.45, 2.75) is 32.9 Å². The molecule has 3 rings (SSSR count). The van der Waals surface area contributed by atoms with Gasteiger partial charge < -0.3 is 4.84 Å². The summed E-state index contributed by atoms with van der Waals surface area (Å²) in [6, 6.07) is 18.4. The van der Waals surface area contributed by atoms with Crippen LogP contribution < -0.4 is 5.43 Å². The molecule has 0 saturated carbocycles. The molecule has 0 fully saturated rings. The maximum absolute atomic E-state index is 5.59. The predicted molar refractivity (Wildman–Crippen MR) is 93.6 cm³/mol. The Kier molecular flexibility index (Phi) is 4.15. The highest BCUT2D eigenvalue weighted by atomic mass is 16.7. The van der Waals surface area contributed by atoms with Gasteiger partial charge in [0.15, 0.2) is 0 Å². The van der Waals surface area contributed by atoms with Gasteiger partial charge in [-0.3, -0.25) is 5.43 Å². The molecule has 0 bridgehead atoms. The van der Waals surface area contributed by atoms with Crippen molar-refractivity contribution in [3.05, 3.63) is 71.3 Å². The molecule has 1 aliphatic rings. The van der Waals surface area contributed by atoms with Crippen LogP contribution >= 0.6 is 0 Å². The second-order valence-corrected chi connectivity index (χ2v) is 6.08. The standard InChI is InChI=1S/C19H21N3O/c1-14-9-11-17(12-10-14)18-13-19(3,23-21-18)22-20-15(2)16-7-5-4-6-8-16/h4-12,22H,13H2,1-3H3/b20-15+. The molecule has 0 aliphatic carbocycles. The molecular formula is C19H21N3O. The van der Waals surface area contributed by atoms with Crippen LogP contribution in [0.5, 0.6) is 0 Å². The Hall–Kier alpha value is -2.62. The molecule has 2 aromatic carbocycles. The van der Waals surface area contributed by atoms with E-state index in [0.717, 1.165) is 22.6 Å². The van der Waals surface area contributed by atoms with Crippen molar-refractivity contribution in [1.29, 1.82) is 0 Å². The first kappa shape index (κ1) is 15.3. The Morgan fingerprint density at radius 1 is 1.13 bits per heavy atom. The van der Waals surface area contributed by atoms with E-state index in [1.165, 1.54) is 5.56 Å². The first-order valence-electron chi connectivity index (χ1n) is 7.75. The summed E-state index contributed by atoms with van der Waals surface area (Å²) in [4.78, 5) is 5.59. The quantitative estimate of drug-likeness (QED) is 0.689. The van der Waals surface area contributed by atoms with E-state index in [1.807, 2.05) is 44.2 Å². The Bertz CT molecular complexity index is 735. The van der Waals surface area contributed by atoms with Gasteiger partial charge in [-0.05, 0) is 31.9 Å². The maximum atomic E-state index is 5.59. The molecule has 0 radical (unpaired) electrons. The lowest BCUT2D eigenvalue weighted by Crippen LogP contribution is -2.39. The van der Waals surface area contributed by atoms with Gasteiger partial charge in [-0.2, -0.15) is 5.10 Å². The highest BCUT2D eigenvalue weighted by Crippen LogP contribution is 2.24. The maximum Gasteiger partial charge on any atom is 0.224 e. The van der Waals surface area contributed by atoms with Gasteiger partial charge in [-0.15, -0.1) is 0 Å². The molecule has 1 unspecified atom stereocenters. The number of hydrogen-bond donors (Lipinski definition) is 1. The molecule has 23 heavy (non-hydrogen) atoms. The lowest BCUT2D eigenvalue weighted by Gasteiger charge is -2.21. The van der Waals surface area contributed by atoms with Crippen molar-refractivity contribution in [3.63, 3.8) is 0 Å². The molecule has 0 aromatic heterocycles. The van der Waals surface area contributed by atoms with Crippen molar-refractivity contribution in [3.8, 4) is 0 Å². The molecule has 1 N–H and O–H groups in total. The Morgan fingerprint density at radius 3 is 2.52 bits per heavy atom. The van der Waals surface area contributed by atoms with E-state index in [2.05, 4.69) is 46.9 Å². The smallest absolute Gasteiger partial charge is 0.224 e. The number of hydrazone groups is 1. The summed E-state index contributed by atoms with van der Waals surface area (Å²) in [5.41, 5.74) is 7.76. The molecule has 1 aliphatic heterocycles. The number of rotatable bonds is 4. The largest absolute Gasteiger partial charge is 0.366 e. The van der Waals surface area contributed by atoms with Crippen molar-refractivity contribution in [2.24, 2.45) is 10.3 Å². The zero-order valence-electron chi connectivity index (χ0n) is 13.7. The zero-order valence-corrected chi connectivity index (χ0v) is 13.7. The third-order valence-corrected chi connectivity index (χ3v) is 3.90. The monoisotopic (exact) mass is 307 g/mol. The SMILES string of the molecule is C/C(=N\NC1(C)CC(c2ccc(C)cc2)=NO1)c1ccccc1. The minimum absolute atomic E-state index is 0.615. The molecule has 1 atom stereocenters. The zero-order chi connectivity index (χ0) is 16.3. The lowest BCUT2D eigenvalue weighted by molar-refractivity contribution is -0.0298. The molecule has 0 amide bonds. The minimum Gasteiger partial charge on any atom is -0.366 e. The molecule has 4 heteroatoms. The number of nitrogens with one attached hydrogen (secondary N) is 1. The molecular weight excluding hydrogens is 286 g/mol. The van der Waals surface area contributed by atoms with Crippen LogP contribution in [-0.4, -0.2) is 17.1 Å². The van der Waals surface area contributed by atoms with Crippen molar-refractivity contribution < 1.29 is 4.84 Å². The van der Waals surface area contributed by atoms with Gasteiger partial charge in [-0.1, -0.05) is 65.3 Å². The number of nitrogens with zero attached hydrogens (tertiary/aromatic N) is 2. The lowest BCUT2D eigenvalue weighted by atomic mass is 10.0. The van der Waals surface area contributed by atoms with Crippen LogP contribution in [0.2, 0.25) is 0 Å². The summed E-state index contributed by atoms with van der Waals surface area (Å²) >= 11 is 0. The van der Waals surface area contributed by atoms with Gasteiger partial charge >= 0.3 is 0 Å². The van der Waals surface area contributed by atoms with Crippen LogP contribution in [0, 0.1) is 6.92 Å². The number of oxime groups is 1. The molecule has 2 aromatic rings. The third-order valence-electron chi connectivity index (χ3n) is 3.90. The average Bonchev–Trinajstić information content (AvgIpc) is 2.97. The van der Waals surface area contributed by atoms with Gasteiger partial charge in [0.1, 0.15) is 0 Å². The van der Waals surface area contributed by atoms with Crippen LogP contribution in [0.1, 0.15) is 37.0 Å². The molecule has 0 saturated heterocycles.